The summed E-state index contributed by atoms with van der Waals surface area (Å²) in [6.45, 7) is 4.39. The average Bonchev–Trinajstić information content (AvgIpc) is 3.03. The van der Waals surface area contributed by atoms with Gasteiger partial charge >= 0.3 is 0 Å². The highest BCUT2D eigenvalue weighted by molar-refractivity contribution is 7.99. The Morgan fingerprint density at radius 2 is 1.96 bits per heavy atom. The molecule has 0 amide bonds. The minimum absolute atomic E-state index is 0.531. The number of pyridine rings is 1. The van der Waals surface area contributed by atoms with Crippen molar-refractivity contribution in [2.24, 2.45) is 0 Å². The molecule has 0 aliphatic rings. The van der Waals surface area contributed by atoms with Crippen molar-refractivity contribution < 1.29 is 4.74 Å². The number of anilines is 2. The minimum Gasteiger partial charge on any atom is -0.497 e. The van der Waals surface area contributed by atoms with Gasteiger partial charge in [-0.3, -0.25) is 10.1 Å². The lowest BCUT2D eigenvalue weighted by molar-refractivity contribution is 0.415. The van der Waals surface area contributed by atoms with E-state index in [2.05, 4.69) is 52.5 Å². The number of aromatic nitrogens is 3. The number of benzene rings is 2. The van der Waals surface area contributed by atoms with Crippen molar-refractivity contribution in [3.8, 4) is 5.75 Å². The zero-order chi connectivity index (χ0) is 18.1. The van der Waals surface area contributed by atoms with Crippen LogP contribution in [0.4, 0.5) is 11.5 Å². The zero-order valence-electron chi connectivity index (χ0n) is 14.9. The highest BCUT2D eigenvalue weighted by Crippen LogP contribution is 2.33. The molecule has 132 valence electrons. The molecular formula is C20H20N4OS. The van der Waals surface area contributed by atoms with Crippen LogP contribution in [0.5, 0.6) is 5.75 Å². The van der Waals surface area contributed by atoms with Gasteiger partial charge in [0.15, 0.2) is 5.82 Å². The van der Waals surface area contributed by atoms with Gasteiger partial charge in [-0.1, -0.05) is 13.8 Å². The zero-order valence-corrected chi connectivity index (χ0v) is 15.7. The van der Waals surface area contributed by atoms with Crippen LogP contribution in [0.1, 0.15) is 13.8 Å². The Hall–Kier alpha value is -2.73. The molecule has 2 heterocycles. The number of hydrogen-bond donors (Lipinski definition) is 2. The number of nitrogens with one attached hydrogen (secondary N) is 2. The molecule has 0 bridgehead atoms. The van der Waals surface area contributed by atoms with Crippen molar-refractivity contribution >= 4 is 45.1 Å². The fourth-order valence-corrected chi connectivity index (χ4v) is 3.80. The van der Waals surface area contributed by atoms with Crippen molar-refractivity contribution in [3.05, 3.63) is 48.7 Å². The summed E-state index contributed by atoms with van der Waals surface area (Å²) < 4.78 is 5.34. The average molecular weight is 364 g/mol. The van der Waals surface area contributed by atoms with Crippen LogP contribution in [0.2, 0.25) is 0 Å². The Balaban J connectivity index is 1.77. The van der Waals surface area contributed by atoms with E-state index in [9.17, 15) is 0 Å². The molecule has 0 spiro atoms. The molecule has 4 rings (SSSR count). The first-order valence-electron chi connectivity index (χ1n) is 8.48. The largest absolute Gasteiger partial charge is 0.497 e. The van der Waals surface area contributed by atoms with Gasteiger partial charge in [-0.25, -0.2) is 0 Å². The molecule has 0 saturated carbocycles. The van der Waals surface area contributed by atoms with E-state index in [0.29, 0.717) is 5.25 Å². The summed E-state index contributed by atoms with van der Waals surface area (Å²) >= 11 is 1.84. The van der Waals surface area contributed by atoms with E-state index in [1.807, 2.05) is 42.2 Å². The van der Waals surface area contributed by atoms with E-state index < -0.39 is 0 Å². The molecule has 2 aromatic heterocycles. The molecule has 6 heteroatoms. The summed E-state index contributed by atoms with van der Waals surface area (Å²) in [5.41, 5.74) is 2.90. The van der Waals surface area contributed by atoms with Gasteiger partial charge in [0, 0.05) is 27.1 Å². The number of hydrogen-bond acceptors (Lipinski definition) is 5. The predicted octanol–water partition coefficient (Wildman–Crippen LogP) is 5.36. The highest BCUT2D eigenvalue weighted by Gasteiger charge is 2.10. The van der Waals surface area contributed by atoms with Crippen LogP contribution < -0.4 is 10.1 Å². The van der Waals surface area contributed by atoms with Crippen LogP contribution in [0, 0.1) is 0 Å². The van der Waals surface area contributed by atoms with Gasteiger partial charge in [0.05, 0.1) is 23.8 Å². The topological polar surface area (TPSA) is 62.8 Å². The predicted molar refractivity (Wildman–Crippen MR) is 109 cm³/mol. The van der Waals surface area contributed by atoms with Gasteiger partial charge in [-0.2, -0.15) is 5.10 Å². The van der Waals surface area contributed by atoms with Crippen LogP contribution in [-0.2, 0) is 0 Å². The molecule has 5 nitrogen and oxygen atoms in total. The second-order valence-electron chi connectivity index (χ2n) is 6.31. The molecule has 2 aromatic carbocycles. The highest BCUT2D eigenvalue weighted by atomic mass is 32.2. The minimum atomic E-state index is 0.531. The van der Waals surface area contributed by atoms with Gasteiger partial charge in [0.1, 0.15) is 5.75 Å². The van der Waals surface area contributed by atoms with E-state index in [0.717, 1.165) is 39.1 Å². The summed E-state index contributed by atoms with van der Waals surface area (Å²) in [6.07, 6.45) is 1.81. The van der Waals surface area contributed by atoms with Crippen molar-refractivity contribution in [2.45, 2.75) is 24.0 Å². The summed E-state index contributed by atoms with van der Waals surface area (Å²) in [6, 6.07) is 14.2. The normalized spacial score (nSPS) is 11.4. The SMILES string of the molecule is COc1ccc2[nH]nc(Nc3ccnc4ccc(SC(C)C)cc34)c2c1. The fourth-order valence-electron chi connectivity index (χ4n) is 2.92. The number of rotatable bonds is 5. The quantitative estimate of drug-likeness (QED) is 0.467. The Labute approximate surface area is 156 Å². The first-order valence-corrected chi connectivity index (χ1v) is 9.36. The maximum Gasteiger partial charge on any atom is 0.160 e. The number of H-pyrrole nitrogens is 1. The lowest BCUT2D eigenvalue weighted by Crippen LogP contribution is -1.94. The molecule has 0 fully saturated rings. The maximum atomic E-state index is 5.34. The Bertz CT molecular complexity index is 1070. The second kappa shape index (κ2) is 6.88. The molecule has 0 aliphatic carbocycles. The summed E-state index contributed by atoms with van der Waals surface area (Å²) in [5, 5.41) is 13.5. The Morgan fingerprint density at radius 3 is 2.77 bits per heavy atom. The molecule has 0 aliphatic heterocycles. The molecule has 0 unspecified atom stereocenters. The standard InChI is InChI=1S/C20H20N4OS/c1-12(2)26-14-5-7-17-15(11-14)18(8-9-21-17)22-20-16-10-13(25-3)4-6-19(16)23-24-20/h4-12H,1-3H3,(H2,21,22,23,24). The summed E-state index contributed by atoms with van der Waals surface area (Å²) in [7, 11) is 1.67. The molecule has 0 saturated heterocycles. The van der Waals surface area contributed by atoms with E-state index in [-0.39, 0.29) is 0 Å². The summed E-state index contributed by atoms with van der Waals surface area (Å²) in [5.74, 6) is 1.57. The Kier molecular flexibility index (Phi) is 4.42. The van der Waals surface area contributed by atoms with Crippen molar-refractivity contribution in [1.29, 1.82) is 0 Å². The number of ether oxygens (including phenoxy) is 1. The molecule has 2 N–H and O–H groups in total. The van der Waals surface area contributed by atoms with Crippen LogP contribution >= 0.6 is 11.8 Å². The van der Waals surface area contributed by atoms with E-state index in [4.69, 9.17) is 4.74 Å². The molecule has 0 radical (unpaired) electrons. The van der Waals surface area contributed by atoms with Crippen LogP contribution in [-0.4, -0.2) is 27.5 Å². The van der Waals surface area contributed by atoms with Crippen LogP contribution in [0.15, 0.2) is 53.6 Å². The number of methoxy groups -OCH3 is 1. The summed E-state index contributed by atoms with van der Waals surface area (Å²) in [4.78, 5) is 5.72. The second-order valence-corrected chi connectivity index (χ2v) is 7.96. The van der Waals surface area contributed by atoms with Crippen molar-refractivity contribution in [3.63, 3.8) is 0 Å². The van der Waals surface area contributed by atoms with Crippen LogP contribution in [0.3, 0.4) is 0 Å². The van der Waals surface area contributed by atoms with Crippen molar-refractivity contribution in [1.82, 2.24) is 15.2 Å². The third-order valence-corrected chi connectivity index (χ3v) is 5.11. The monoisotopic (exact) mass is 364 g/mol. The number of nitrogens with zero attached hydrogens (tertiary/aromatic N) is 2. The van der Waals surface area contributed by atoms with Gasteiger partial charge in [-0.05, 0) is 42.5 Å². The van der Waals surface area contributed by atoms with Crippen LogP contribution in [0.25, 0.3) is 21.8 Å². The fraction of sp³-hybridized carbons (Fsp3) is 0.200. The first-order chi connectivity index (χ1) is 12.6. The number of thioether (sulfide) groups is 1. The first kappa shape index (κ1) is 16.7. The van der Waals surface area contributed by atoms with E-state index >= 15 is 0 Å². The Morgan fingerprint density at radius 1 is 1.08 bits per heavy atom. The number of aromatic amines is 1. The van der Waals surface area contributed by atoms with E-state index in [1.165, 1.54) is 4.90 Å². The molecule has 26 heavy (non-hydrogen) atoms. The third-order valence-electron chi connectivity index (χ3n) is 4.11. The lowest BCUT2D eigenvalue weighted by Gasteiger charge is -2.10. The smallest absolute Gasteiger partial charge is 0.160 e. The van der Waals surface area contributed by atoms with Gasteiger partial charge < -0.3 is 10.1 Å². The molecular weight excluding hydrogens is 344 g/mol. The van der Waals surface area contributed by atoms with Crippen molar-refractivity contribution in [2.75, 3.05) is 12.4 Å². The van der Waals surface area contributed by atoms with E-state index in [1.54, 1.807) is 7.11 Å². The lowest BCUT2D eigenvalue weighted by atomic mass is 10.2. The van der Waals surface area contributed by atoms with Gasteiger partial charge in [0.2, 0.25) is 0 Å². The van der Waals surface area contributed by atoms with Gasteiger partial charge in [-0.15, -0.1) is 11.8 Å². The maximum absolute atomic E-state index is 5.34. The van der Waals surface area contributed by atoms with Gasteiger partial charge in [0.25, 0.3) is 0 Å². The molecule has 0 atom stereocenters. The number of fused-ring (bicyclic) bond motifs is 2. The molecule has 4 aromatic rings. The third kappa shape index (κ3) is 3.20.